The molecule has 0 radical (unpaired) electrons. The zero-order chi connectivity index (χ0) is 21.5. The number of nitrogens with zero attached hydrogens (tertiary/aromatic N) is 1. The summed E-state index contributed by atoms with van der Waals surface area (Å²) >= 11 is 5.22. The van der Waals surface area contributed by atoms with Crippen molar-refractivity contribution in [2.75, 3.05) is 16.0 Å². The van der Waals surface area contributed by atoms with E-state index < -0.39 is 4.92 Å². The molecule has 0 aromatic heterocycles. The van der Waals surface area contributed by atoms with Gasteiger partial charge in [-0.3, -0.25) is 14.9 Å². The van der Waals surface area contributed by atoms with E-state index >= 15 is 0 Å². The second-order valence-corrected chi connectivity index (χ2v) is 6.60. The molecule has 0 fully saturated rings. The Morgan fingerprint density at radius 1 is 0.833 bits per heavy atom. The summed E-state index contributed by atoms with van der Waals surface area (Å²) in [6.45, 7) is 1.44. The first-order chi connectivity index (χ1) is 14.4. The lowest BCUT2D eigenvalue weighted by atomic mass is 10.2. The molecule has 9 heteroatoms. The Hall–Kier alpha value is -3.98. The molecule has 152 valence electrons. The number of nitrogens with one attached hydrogen (secondary N) is 3. The van der Waals surface area contributed by atoms with Gasteiger partial charge in [-0.15, -0.1) is 0 Å². The van der Waals surface area contributed by atoms with E-state index in [-0.39, 0.29) is 16.8 Å². The van der Waals surface area contributed by atoms with E-state index in [0.717, 1.165) is 17.1 Å². The van der Waals surface area contributed by atoms with Crippen LogP contribution in [0.5, 0.6) is 5.75 Å². The Balaban J connectivity index is 1.53. The largest absolute Gasteiger partial charge is 0.432 e. The predicted octanol–water partition coefficient (Wildman–Crippen LogP) is 5.07. The van der Waals surface area contributed by atoms with Gasteiger partial charge < -0.3 is 20.7 Å². The lowest BCUT2D eigenvalue weighted by molar-refractivity contribution is -0.384. The standard InChI is InChI=1S/C21H18N4O4S/c1-14(26)22-15-8-12-20(13-9-15)29-21(30)24-18-4-2-16(3-5-18)23-17-6-10-19(11-7-17)25(27)28/h2-13,23H,1H3,(H,22,26)(H,24,30). The first-order valence-corrected chi connectivity index (χ1v) is 9.28. The topological polar surface area (TPSA) is 106 Å². The number of thiocarbonyl (C=S) groups is 1. The van der Waals surface area contributed by atoms with Crippen molar-refractivity contribution in [2.24, 2.45) is 0 Å². The third-order valence-corrected chi connectivity index (χ3v) is 4.07. The minimum Gasteiger partial charge on any atom is -0.432 e. The molecule has 30 heavy (non-hydrogen) atoms. The molecule has 0 aliphatic carbocycles. The highest BCUT2D eigenvalue weighted by Crippen LogP contribution is 2.22. The number of carbonyl (C=O) groups excluding carboxylic acids is 1. The summed E-state index contributed by atoms with van der Waals surface area (Å²) in [6, 6.07) is 20.3. The summed E-state index contributed by atoms with van der Waals surface area (Å²) in [7, 11) is 0. The fourth-order valence-electron chi connectivity index (χ4n) is 2.53. The summed E-state index contributed by atoms with van der Waals surface area (Å²) < 4.78 is 5.57. The summed E-state index contributed by atoms with van der Waals surface area (Å²) in [5.41, 5.74) is 3.00. The first-order valence-electron chi connectivity index (χ1n) is 8.87. The SMILES string of the molecule is CC(=O)Nc1ccc(OC(=S)Nc2ccc(Nc3ccc([N+](=O)[O-])cc3)cc2)cc1. The molecule has 3 aromatic carbocycles. The number of hydrogen-bond acceptors (Lipinski definition) is 6. The molecular formula is C21H18N4O4S. The van der Waals surface area contributed by atoms with Crippen LogP contribution in [0.2, 0.25) is 0 Å². The molecule has 8 nitrogen and oxygen atoms in total. The Morgan fingerprint density at radius 2 is 1.30 bits per heavy atom. The molecule has 0 saturated carbocycles. The molecule has 3 N–H and O–H groups in total. The number of non-ortho nitro benzene ring substituents is 1. The van der Waals surface area contributed by atoms with Crippen LogP contribution in [-0.2, 0) is 4.79 Å². The number of anilines is 4. The Bertz CT molecular complexity index is 1050. The van der Waals surface area contributed by atoms with Gasteiger partial charge in [0.05, 0.1) is 4.92 Å². The van der Waals surface area contributed by atoms with Gasteiger partial charge >= 0.3 is 0 Å². The summed E-state index contributed by atoms with van der Waals surface area (Å²) in [5, 5.41) is 19.7. The van der Waals surface area contributed by atoms with Gasteiger partial charge in [-0.2, -0.15) is 0 Å². The third kappa shape index (κ3) is 6.01. The molecule has 0 saturated heterocycles. The van der Waals surface area contributed by atoms with E-state index in [0.29, 0.717) is 11.4 Å². The van der Waals surface area contributed by atoms with Crippen molar-refractivity contribution in [1.82, 2.24) is 0 Å². The van der Waals surface area contributed by atoms with Crippen LogP contribution in [-0.4, -0.2) is 16.0 Å². The highest BCUT2D eigenvalue weighted by atomic mass is 32.1. The lowest BCUT2D eigenvalue weighted by Gasteiger charge is -2.11. The Labute approximate surface area is 178 Å². The maximum absolute atomic E-state index is 11.0. The Kier molecular flexibility index (Phi) is 6.56. The lowest BCUT2D eigenvalue weighted by Crippen LogP contribution is -2.16. The molecule has 0 unspecified atom stereocenters. The van der Waals surface area contributed by atoms with Crippen LogP contribution in [0, 0.1) is 10.1 Å². The number of rotatable bonds is 6. The van der Waals surface area contributed by atoms with Crippen LogP contribution in [0.25, 0.3) is 0 Å². The summed E-state index contributed by atoms with van der Waals surface area (Å²) in [5.74, 6) is 0.394. The van der Waals surface area contributed by atoms with E-state index in [1.807, 2.05) is 24.3 Å². The van der Waals surface area contributed by atoms with Crippen LogP contribution in [0.3, 0.4) is 0 Å². The van der Waals surface area contributed by atoms with Crippen molar-refractivity contribution in [3.05, 3.63) is 82.9 Å². The van der Waals surface area contributed by atoms with Gasteiger partial charge in [0.1, 0.15) is 5.75 Å². The summed E-state index contributed by atoms with van der Waals surface area (Å²) in [6.07, 6.45) is 0. The predicted molar refractivity (Wildman–Crippen MR) is 120 cm³/mol. The van der Waals surface area contributed by atoms with Crippen molar-refractivity contribution in [1.29, 1.82) is 0 Å². The molecule has 0 bridgehead atoms. The van der Waals surface area contributed by atoms with E-state index in [1.54, 1.807) is 36.4 Å². The number of nitro groups is 1. The van der Waals surface area contributed by atoms with Crippen LogP contribution >= 0.6 is 12.2 Å². The molecule has 1 amide bonds. The van der Waals surface area contributed by atoms with E-state index in [9.17, 15) is 14.9 Å². The zero-order valence-electron chi connectivity index (χ0n) is 15.9. The fraction of sp³-hybridized carbons (Fsp3) is 0.0476. The average Bonchev–Trinajstić information content (AvgIpc) is 2.71. The minimum absolute atomic E-state index is 0.0402. The number of carbonyl (C=O) groups is 1. The maximum Gasteiger partial charge on any atom is 0.269 e. The smallest absolute Gasteiger partial charge is 0.269 e. The maximum atomic E-state index is 11.0. The zero-order valence-corrected chi connectivity index (χ0v) is 16.7. The van der Waals surface area contributed by atoms with Crippen molar-refractivity contribution in [3.8, 4) is 5.75 Å². The molecule has 0 aliphatic heterocycles. The van der Waals surface area contributed by atoms with Gasteiger partial charge in [-0.25, -0.2) is 0 Å². The number of ether oxygens (including phenoxy) is 1. The normalized spacial score (nSPS) is 10.0. The van der Waals surface area contributed by atoms with Gasteiger partial charge in [-0.05, 0) is 72.9 Å². The second-order valence-electron chi connectivity index (χ2n) is 6.23. The number of hydrogen-bond donors (Lipinski definition) is 3. The molecule has 3 aromatic rings. The van der Waals surface area contributed by atoms with Gasteiger partial charge in [0.25, 0.3) is 10.9 Å². The fourth-order valence-corrected chi connectivity index (χ4v) is 2.74. The molecule has 3 rings (SSSR count). The van der Waals surface area contributed by atoms with Gasteiger partial charge in [0.2, 0.25) is 5.91 Å². The van der Waals surface area contributed by atoms with Gasteiger partial charge in [-0.1, -0.05) is 0 Å². The van der Waals surface area contributed by atoms with Crippen molar-refractivity contribution in [2.45, 2.75) is 6.92 Å². The molecule has 0 atom stereocenters. The molecule has 0 heterocycles. The van der Waals surface area contributed by atoms with Crippen molar-refractivity contribution in [3.63, 3.8) is 0 Å². The van der Waals surface area contributed by atoms with Gasteiger partial charge in [0, 0.05) is 41.8 Å². The Morgan fingerprint density at radius 3 is 1.83 bits per heavy atom. The van der Waals surface area contributed by atoms with Crippen LogP contribution in [0.1, 0.15) is 6.92 Å². The number of benzene rings is 3. The quantitative estimate of drug-likeness (QED) is 0.289. The first kappa shape index (κ1) is 20.7. The monoisotopic (exact) mass is 422 g/mol. The van der Waals surface area contributed by atoms with Crippen molar-refractivity contribution >= 4 is 51.7 Å². The number of amides is 1. The highest BCUT2D eigenvalue weighted by Gasteiger charge is 2.05. The van der Waals surface area contributed by atoms with Crippen LogP contribution < -0.4 is 20.7 Å². The van der Waals surface area contributed by atoms with Crippen molar-refractivity contribution < 1.29 is 14.5 Å². The van der Waals surface area contributed by atoms with Crippen LogP contribution in [0.4, 0.5) is 28.4 Å². The van der Waals surface area contributed by atoms with Crippen LogP contribution in [0.15, 0.2) is 72.8 Å². The number of nitro benzene ring substituents is 1. The molecule has 0 spiro atoms. The second kappa shape index (κ2) is 9.48. The summed E-state index contributed by atoms with van der Waals surface area (Å²) in [4.78, 5) is 21.3. The van der Waals surface area contributed by atoms with Gasteiger partial charge in [0.15, 0.2) is 0 Å². The average molecular weight is 422 g/mol. The third-order valence-electron chi connectivity index (χ3n) is 3.88. The van der Waals surface area contributed by atoms with E-state index in [4.69, 9.17) is 17.0 Å². The molecule has 0 aliphatic rings. The van der Waals surface area contributed by atoms with E-state index in [1.165, 1.54) is 19.1 Å². The molecular weight excluding hydrogens is 404 g/mol. The minimum atomic E-state index is -0.438. The highest BCUT2D eigenvalue weighted by molar-refractivity contribution is 7.80. The van der Waals surface area contributed by atoms with E-state index in [2.05, 4.69) is 16.0 Å².